The zero-order valence-corrected chi connectivity index (χ0v) is 17.9. The quantitative estimate of drug-likeness (QED) is 0.448. The molecule has 1 aliphatic heterocycles. The van der Waals surface area contributed by atoms with Crippen molar-refractivity contribution >= 4 is 11.0 Å². The predicted octanol–water partition coefficient (Wildman–Crippen LogP) is 4.24. The van der Waals surface area contributed by atoms with Crippen LogP contribution in [0.5, 0.6) is 0 Å². The highest BCUT2D eigenvalue weighted by Crippen LogP contribution is 2.27. The van der Waals surface area contributed by atoms with Gasteiger partial charge in [0.2, 0.25) is 5.89 Å². The van der Waals surface area contributed by atoms with Crippen molar-refractivity contribution in [2.75, 3.05) is 20.1 Å². The molecule has 0 N–H and O–H groups in total. The number of nitrogens with zero attached hydrogens (tertiary/aromatic N) is 5. The molecule has 0 bridgehead atoms. The smallest absolute Gasteiger partial charge is 0.329 e. The van der Waals surface area contributed by atoms with E-state index >= 15 is 0 Å². The molecular weight excluding hydrogens is 435 g/mol. The number of imidazole rings is 1. The molecule has 2 aromatic heterocycles. The molecule has 1 saturated heterocycles. The summed E-state index contributed by atoms with van der Waals surface area (Å²) in [4.78, 5) is 15.7. The lowest BCUT2D eigenvalue weighted by Gasteiger charge is -2.29. The minimum absolute atomic E-state index is 0.00467. The van der Waals surface area contributed by atoms with Crippen molar-refractivity contribution in [1.29, 1.82) is 0 Å². The molecule has 172 valence electrons. The highest BCUT2D eigenvalue weighted by molar-refractivity contribution is 5.76. The molecule has 0 radical (unpaired) electrons. The second-order valence-corrected chi connectivity index (χ2v) is 8.35. The Bertz CT molecular complexity index is 1330. The average Bonchev–Trinajstić information content (AvgIpc) is 3.39. The van der Waals surface area contributed by atoms with E-state index in [9.17, 15) is 18.0 Å². The van der Waals surface area contributed by atoms with E-state index in [1.807, 2.05) is 0 Å². The maximum atomic E-state index is 14.1. The third kappa shape index (κ3) is 4.06. The molecule has 0 saturated carbocycles. The first-order chi connectivity index (χ1) is 15.9. The number of hydrogen-bond donors (Lipinski definition) is 0. The van der Waals surface area contributed by atoms with Crippen LogP contribution in [0.1, 0.15) is 36.8 Å². The zero-order chi connectivity index (χ0) is 23.1. The molecule has 10 heteroatoms. The summed E-state index contributed by atoms with van der Waals surface area (Å²) in [6.45, 7) is 2.04. The van der Waals surface area contributed by atoms with E-state index < -0.39 is 18.1 Å². The Balaban J connectivity index is 1.48. The molecule has 0 atom stereocenters. The molecule has 0 aliphatic carbocycles. The number of piperidine rings is 1. The number of halogens is 3. The van der Waals surface area contributed by atoms with Crippen molar-refractivity contribution in [3.05, 3.63) is 70.2 Å². The summed E-state index contributed by atoms with van der Waals surface area (Å²) in [6.07, 6.45) is -1.13. The van der Waals surface area contributed by atoms with Gasteiger partial charge in [-0.3, -0.25) is 9.13 Å². The van der Waals surface area contributed by atoms with E-state index in [1.165, 1.54) is 12.1 Å². The van der Waals surface area contributed by atoms with Crippen molar-refractivity contribution in [2.24, 2.45) is 0 Å². The topological polar surface area (TPSA) is 69.1 Å². The average molecular weight is 457 g/mol. The summed E-state index contributed by atoms with van der Waals surface area (Å²) in [6, 6.07) is 11.3. The minimum Gasteiger partial charge on any atom is -0.415 e. The number of aromatic nitrogens is 4. The predicted molar refractivity (Wildman–Crippen MR) is 116 cm³/mol. The van der Waals surface area contributed by atoms with E-state index in [2.05, 4.69) is 22.1 Å². The van der Waals surface area contributed by atoms with Gasteiger partial charge in [-0.1, -0.05) is 12.1 Å². The van der Waals surface area contributed by atoms with Crippen LogP contribution in [0.15, 0.2) is 51.7 Å². The molecule has 3 heterocycles. The van der Waals surface area contributed by atoms with Crippen molar-refractivity contribution in [1.82, 2.24) is 24.2 Å². The Morgan fingerprint density at radius 1 is 1.06 bits per heavy atom. The van der Waals surface area contributed by atoms with E-state index in [-0.39, 0.29) is 24.2 Å². The maximum Gasteiger partial charge on any atom is 0.329 e. The monoisotopic (exact) mass is 457 g/mol. The molecular formula is C23H22F3N5O2. The minimum atomic E-state index is -2.83. The Morgan fingerprint density at radius 3 is 2.45 bits per heavy atom. The van der Waals surface area contributed by atoms with Gasteiger partial charge in [-0.25, -0.2) is 9.18 Å². The van der Waals surface area contributed by atoms with E-state index in [4.69, 9.17) is 4.42 Å². The molecule has 0 unspecified atom stereocenters. The van der Waals surface area contributed by atoms with Crippen LogP contribution < -0.4 is 5.69 Å². The Morgan fingerprint density at radius 2 is 1.79 bits per heavy atom. The first kappa shape index (κ1) is 21.4. The summed E-state index contributed by atoms with van der Waals surface area (Å²) in [5.41, 5.74) is 2.37. The molecule has 7 nitrogen and oxygen atoms in total. The lowest BCUT2D eigenvalue weighted by atomic mass is 10.1. The standard InChI is InChI=1S/C23H22F3N5O2/c1-29-10-8-17(9-11-29)31-18-7-6-16(24)12-19(18)30(23(31)32)13-14-2-4-15(5-3-14)21-27-28-22(33-21)20(25)26/h2-7,12,17,20H,8-11,13H2,1H3. The van der Waals surface area contributed by atoms with Gasteiger partial charge < -0.3 is 9.32 Å². The van der Waals surface area contributed by atoms with Crippen LogP contribution in [-0.4, -0.2) is 44.4 Å². The first-order valence-electron chi connectivity index (χ1n) is 10.7. The van der Waals surface area contributed by atoms with E-state index in [1.54, 1.807) is 39.5 Å². The Kier molecular flexibility index (Phi) is 5.53. The number of alkyl halides is 2. The van der Waals surface area contributed by atoms with E-state index in [0.717, 1.165) is 37.0 Å². The van der Waals surface area contributed by atoms with Crippen LogP contribution in [0.4, 0.5) is 13.2 Å². The molecule has 2 aromatic carbocycles. The third-order valence-corrected chi connectivity index (χ3v) is 6.15. The van der Waals surface area contributed by atoms with Crippen LogP contribution in [-0.2, 0) is 6.54 Å². The van der Waals surface area contributed by atoms with E-state index in [0.29, 0.717) is 11.1 Å². The van der Waals surface area contributed by atoms with Gasteiger partial charge >= 0.3 is 12.1 Å². The number of hydrogen-bond acceptors (Lipinski definition) is 5. The molecule has 0 amide bonds. The van der Waals surface area contributed by atoms with Gasteiger partial charge in [0, 0.05) is 11.6 Å². The van der Waals surface area contributed by atoms with Crippen LogP contribution in [0.25, 0.3) is 22.5 Å². The molecule has 0 spiro atoms. The SMILES string of the molecule is CN1CCC(n2c(=O)n(Cc3ccc(-c4nnc(C(F)F)o4)cc3)c3cc(F)ccc32)CC1. The molecule has 4 aromatic rings. The third-order valence-electron chi connectivity index (χ3n) is 6.15. The summed E-state index contributed by atoms with van der Waals surface area (Å²) in [5, 5.41) is 6.98. The van der Waals surface area contributed by atoms with Crippen LogP contribution >= 0.6 is 0 Å². The van der Waals surface area contributed by atoms with Gasteiger partial charge in [0.25, 0.3) is 5.89 Å². The lowest BCUT2D eigenvalue weighted by molar-refractivity contribution is 0.116. The van der Waals surface area contributed by atoms with Crippen LogP contribution in [0.3, 0.4) is 0 Å². The second-order valence-electron chi connectivity index (χ2n) is 8.35. The summed E-state index contributed by atoms with van der Waals surface area (Å²) in [5.74, 6) is -1.14. The van der Waals surface area contributed by atoms with Gasteiger partial charge in [0.15, 0.2) is 0 Å². The van der Waals surface area contributed by atoms with Crippen LogP contribution in [0, 0.1) is 5.82 Å². The summed E-state index contributed by atoms with van der Waals surface area (Å²) in [7, 11) is 2.06. The summed E-state index contributed by atoms with van der Waals surface area (Å²) >= 11 is 0. The Labute approximate surface area is 187 Å². The van der Waals surface area contributed by atoms with Gasteiger partial charge in [-0.2, -0.15) is 8.78 Å². The van der Waals surface area contributed by atoms with Gasteiger partial charge in [-0.05, 0) is 68.9 Å². The van der Waals surface area contributed by atoms with Gasteiger partial charge in [0.05, 0.1) is 17.6 Å². The van der Waals surface area contributed by atoms with Gasteiger partial charge in [-0.15, -0.1) is 10.2 Å². The fourth-order valence-corrected chi connectivity index (χ4v) is 4.39. The van der Waals surface area contributed by atoms with Crippen molar-refractivity contribution in [2.45, 2.75) is 31.9 Å². The molecule has 1 aliphatic rings. The van der Waals surface area contributed by atoms with Crippen molar-refractivity contribution in [3.8, 4) is 11.5 Å². The maximum absolute atomic E-state index is 14.1. The molecule has 33 heavy (non-hydrogen) atoms. The highest BCUT2D eigenvalue weighted by Gasteiger charge is 2.24. The first-order valence-corrected chi connectivity index (χ1v) is 10.7. The normalized spacial score (nSPS) is 15.7. The largest absolute Gasteiger partial charge is 0.415 e. The highest BCUT2D eigenvalue weighted by atomic mass is 19.3. The van der Waals surface area contributed by atoms with Crippen molar-refractivity contribution < 1.29 is 17.6 Å². The number of rotatable bonds is 5. The summed E-state index contributed by atoms with van der Waals surface area (Å²) < 4.78 is 47.8. The second kappa shape index (κ2) is 8.51. The molecule has 1 fully saturated rings. The van der Waals surface area contributed by atoms with Crippen LogP contribution in [0.2, 0.25) is 0 Å². The molecule has 5 rings (SSSR count). The lowest BCUT2D eigenvalue weighted by Crippen LogP contribution is -2.36. The zero-order valence-electron chi connectivity index (χ0n) is 17.9. The Hall–Kier alpha value is -3.40. The number of fused-ring (bicyclic) bond motifs is 1. The number of benzene rings is 2. The fraction of sp³-hybridized carbons (Fsp3) is 0.348. The fourth-order valence-electron chi connectivity index (χ4n) is 4.39. The van der Waals surface area contributed by atoms with Gasteiger partial charge in [0.1, 0.15) is 5.82 Å². The van der Waals surface area contributed by atoms with Crippen molar-refractivity contribution in [3.63, 3.8) is 0 Å². The number of likely N-dealkylation sites (tertiary alicyclic amines) is 1.